The van der Waals surface area contributed by atoms with Gasteiger partial charge in [-0.05, 0) is 38.8 Å². The van der Waals surface area contributed by atoms with Crippen LogP contribution in [0.5, 0.6) is 0 Å². The van der Waals surface area contributed by atoms with Gasteiger partial charge in [-0.3, -0.25) is 0 Å². The highest BCUT2D eigenvalue weighted by molar-refractivity contribution is 7.90. The fourth-order valence-electron chi connectivity index (χ4n) is 1.69. The Kier molecular flexibility index (Phi) is 7.27. The molecule has 0 aliphatic rings. The number of sulfonamides is 1. The monoisotopic (exact) mass is 353 g/mol. The summed E-state index contributed by atoms with van der Waals surface area (Å²) in [5, 5.41) is 2.48. The second kappa shape index (κ2) is 8.49. The minimum absolute atomic E-state index is 0.388. The van der Waals surface area contributed by atoms with E-state index in [0.717, 1.165) is 25.1 Å². The van der Waals surface area contributed by atoms with Crippen molar-refractivity contribution in [3.63, 3.8) is 0 Å². The number of unbranched alkanes of at least 4 members (excludes halogenated alkanes) is 2. The van der Waals surface area contributed by atoms with Crippen molar-refractivity contribution in [3.8, 4) is 0 Å². The van der Waals surface area contributed by atoms with Crippen molar-refractivity contribution in [1.82, 2.24) is 9.71 Å². The fourth-order valence-corrected chi connectivity index (χ4v) is 2.45. The number of anilines is 1. The van der Waals surface area contributed by atoms with Crippen molar-refractivity contribution in [3.05, 3.63) is 23.9 Å². The van der Waals surface area contributed by atoms with Gasteiger partial charge >= 0.3 is 6.18 Å². The number of nitrogens with zero attached hydrogens (tertiary/aromatic N) is 1. The third kappa shape index (κ3) is 7.17. The number of nitrogens with one attached hydrogen (secondary N) is 2. The van der Waals surface area contributed by atoms with E-state index in [9.17, 15) is 21.6 Å². The Bertz CT molecular complexity index is 572. The molecule has 1 rings (SSSR count). The minimum atomic E-state index is -4.38. The van der Waals surface area contributed by atoms with Gasteiger partial charge in [-0.2, -0.15) is 13.2 Å². The van der Waals surface area contributed by atoms with E-state index >= 15 is 0 Å². The summed E-state index contributed by atoms with van der Waals surface area (Å²) < 4.78 is 62.6. The molecule has 0 bridgehead atoms. The molecule has 132 valence electrons. The first-order valence-corrected chi connectivity index (χ1v) is 8.93. The molecule has 0 aliphatic carbocycles. The molecule has 0 saturated carbocycles. The van der Waals surface area contributed by atoms with Gasteiger partial charge < -0.3 is 5.32 Å². The second-order valence-corrected chi connectivity index (χ2v) is 7.73. The van der Waals surface area contributed by atoms with Crippen LogP contribution in [0.2, 0.25) is 0 Å². The average molecular weight is 353 g/mol. The Morgan fingerprint density at radius 2 is 1.78 bits per heavy atom. The van der Waals surface area contributed by atoms with Crippen LogP contribution in [-0.2, 0) is 16.2 Å². The van der Waals surface area contributed by atoms with Gasteiger partial charge in [0.05, 0.1) is 10.8 Å². The highest BCUT2D eigenvalue weighted by Gasteiger charge is 2.30. The van der Waals surface area contributed by atoms with Crippen LogP contribution in [0, 0.1) is 0 Å². The lowest BCUT2D eigenvalue weighted by Gasteiger charge is -2.10. The van der Waals surface area contributed by atoms with Crippen molar-refractivity contribution in [1.29, 1.82) is 0 Å². The maximum atomic E-state index is 12.4. The maximum absolute atomic E-state index is 12.4. The molecule has 0 amide bonds. The first-order valence-electron chi connectivity index (χ1n) is 7.38. The van der Waals surface area contributed by atoms with Gasteiger partial charge in [0.1, 0.15) is 5.82 Å². The number of aromatic nitrogens is 1. The smallest absolute Gasteiger partial charge is 0.370 e. The van der Waals surface area contributed by atoms with Crippen molar-refractivity contribution in [2.24, 2.45) is 0 Å². The molecule has 1 aromatic rings. The van der Waals surface area contributed by atoms with Crippen LogP contribution in [0.25, 0.3) is 0 Å². The summed E-state index contributed by atoms with van der Waals surface area (Å²) in [6, 6.07) is 2.27. The summed E-state index contributed by atoms with van der Waals surface area (Å²) in [4.78, 5) is 3.71. The van der Waals surface area contributed by atoms with Crippen molar-refractivity contribution < 1.29 is 21.6 Å². The van der Waals surface area contributed by atoms with E-state index in [-0.39, 0.29) is 0 Å². The van der Waals surface area contributed by atoms with Crippen LogP contribution in [0.3, 0.4) is 0 Å². The number of hydrogen-bond acceptors (Lipinski definition) is 4. The third-order valence-electron chi connectivity index (χ3n) is 3.17. The molecular weight excluding hydrogens is 331 g/mol. The van der Waals surface area contributed by atoms with Crippen LogP contribution in [0.1, 0.15) is 38.7 Å². The molecule has 23 heavy (non-hydrogen) atoms. The summed E-state index contributed by atoms with van der Waals surface area (Å²) in [7, 11) is -3.22. The van der Waals surface area contributed by atoms with Gasteiger partial charge in [-0.15, -0.1) is 0 Å². The van der Waals surface area contributed by atoms with E-state index in [4.69, 9.17) is 0 Å². The Morgan fingerprint density at radius 1 is 1.13 bits per heavy atom. The van der Waals surface area contributed by atoms with Gasteiger partial charge in [-0.25, -0.2) is 18.1 Å². The molecule has 2 N–H and O–H groups in total. The van der Waals surface area contributed by atoms with E-state index in [0.29, 0.717) is 25.3 Å². The highest BCUT2D eigenvalue weighted by Crippen LogP contribution is 2.28. The molecule has 0 atom stereocenters. The summed E-state index contributed by atoms with van der Waals surface area (Å²) in [6.45, 7) is 4.18. The van der Waals surface area contributed by atoms with Gasteiger partial charge in [0.2, 0.25) is 10.0 Å². The SMILES string of the molecule is CC(C)S(=O)(=O)NCCCCCNc1ccc(C(F)(F)F)cn1. The van der Waals surface area contributed by atoms with Crippen LogP contribution in [0.4, 0.5) is 19.0 Å². The van der Waals surface area contributed by atoms with Crippen molar-refractivity contribution in [2.75, 3.05) is 18.4 Å². The summed E-state index contributed by atoms with van der Waals surface area (Å²) >= 11 is 0. The average Bonchev–Trinajstić information content (AvgIpc) is 2.45. The molecule has 0 aromatic carbocycles. The molecule has 1 heterocycles. The molecule has 0 saturated heterocycles. The van der Waals surface area contributed by atoms with Gasteiger partial charge in [0.25, 0.3) is 0 Å². The molecule has 9 heteroatoms. The Morgan fingerprint density at radius 3 is 2.30 bits per heavy atom. The fraction of sp³-hybridized carbons (Fsp3) is 0.643. The van der Waals surface area contributed by atoms with E-state index in [1.807, 2.05) is 0 Å². The molecule has 0 aliphatic heterocycles. The van der Waals surface area contributed by atoms with Crippen molar-refractivity contribution >= 4 is 15.8 Å². The Labute approximate surface area is 134 Å². The molecular formula is C14H22F3N3O2S. The van der Waals surface area contributed by atoms with Crippen LogP contribution >= 0.6 is 0 Å². The standard InChI is InChI=1S/C14H22F3N3O2S/c1-11(2)23(21,22)20-9-5-3-4-8-18-13-7-6-12(10-19-13)14(15,16)17/h6-7,10-11,20H,3-5,8-9H2,1-2H3,(H,18,19). The topological polar surface area (TPSA) is 71.1 Å². The highest BCUT2D eigenvalue weighted by atomic mass is 32.2. The lowest BCUT2D eigenvalue weighted by Crippen LogP contribution is -2.31. The Hall–Kier alpha value is -1.35. The first kappa shape index (κ1) is 19.7. The van der Waals surface area contributed by atoms with E-state index in [1.54, 1.807) is 13.8 Å². The van der Waals surface area contributed by atoms with Gasteiger partial charge in [0, 0.05) is 19.3 Å². The lowest BCUT2D eigenvalue weighted by molar-refractivity contribution is -0.137. The zero-order valence-electron chi connectivity index (χ0n) is 13.2. The molecule has 0 radical (unpaired) electrons. The molecule has 1 aromatic heterocycles. The summed E-state index contributed by atoms with van der Waals surface area (Å²) in [5.74, 6) is 0.388. The summed E-state index contributed by atoms with van der Waals surface area (Å²) in [5.41, 5.74) is -0.777. The molecule has 0 unspecified atom stereocenters. The summed E-state index contributed by atoms with van der Waals surface area (Å²) in [6.07, 6.45) is -1.31. The minimum Gasteiger partial charge on any atom is -0.370 e. The van der Waals surface area contributed by atoms with E-state index in [2.05, 4.69) is 15.0 Å². The molecule has 0 fully saturated rings. The normalized spacial score (nSPS) is 12.6. The number of alkyl halides is 3. The zero-order valence-corrected chi connectivity index (χ0v) is 14.0. The number of rotatable bonds is 9. The predicted octanol–water partition coefficient (Wildman–Crippen LogP) is 3.01. The largest absolute Gasteiger partial charge is 0.417 e. The van der Waals surface area contributed by atoms with Crippen LogP contribution in [-0.4, -0.2) is 31.7 Å². The van der Waals surface area contributed by atoms with Crippen LogP contribution < -0.4 is 10.0 Å². The van der Waals surface area contributed by atoms with Gasteiger partial charge in [0.15, 0.2) is 0 Å². The number of pyridine rings is 1. The third-order valence-corrected chi connectivity index (χ3v) is 5.02. The van der Waals surface area contributed by atoms with Crippen molar-refractivity contribution in [2.45, 2.75) is 44.5 Å². The van der Waals surface area contributed by atoms with E-state index in [1.165, 1.54) is 6.07 Å². The Balaban J connectivity index is 2.18. The number of hydrogen-bond donors (Lipinski definition) is 2. The zero-order chi connectivity index (χ0) is 17.5. The second-order valence-electron chi connectivity index (χ2n) is 5.41. The first-order chi connectivity index (χ1) is 10.6. The van der Waals surface area contributed by atoms with Gasteiger partial charge in [-0.1, -0.05) is 6.42 Å². The van der Waals surface area contributed by atoms with E-state index < -0.39 is 27.0 Å². The number of halogens is 3. The lowest BCUT2D eigenvalue weighted by atomic mass is 10.2. The molecule has 5 nitrogen and oxygen atoms in total. The quantitative estimate of drug-likeness (QED) is 0.670. The van der Waals surface area contributed by atoms with Crippen LogP contribution in [0.15, 0.2) is 18.3 Å². The molecule has 0 spiro atoms. The maximum Gasteiger partial charge on any atom is 0.417 e. The predicted molar refractivity (Wildman–Crippen MR) is 83.6 cm³/mol.